The molecular weight excluding hydrogens is 371 g/mol. The summed E-state index contributed by atoms with van der Waals surface area (Å²) in [6, 6.07) is 20.4. The average molecular weight is 388 g/mol. The van der Waals surface area contributed by atoms with Crippen molar-refractivity contribution >= 4 is 5.71 Å². The minimum absolute atomic E-state index is 0.0513. The number of para-hydroxylation sites is 1. The van der Waals surface area contributed by atoms with Crippen molar-refractivity contribution < 1.29 is 18.6 Å². The summed E-state index contributed by atoms with van der Waals surface area (Å²) in [4.78, 5) is 0. The number of ether oxygens (including phenoxy) is 3. The third-order valence-electron chi connectivity index (χ3n) is 5.56. The summed E-state index contributed by atoms with van der Waals surface area (Å²) < 4.78 is 30.7. The molecule has 2 atom stereocenters. The lowest BCUT2D eigenvalue weighted by molar-refractivity contribution is -0.0190. The molecule has 0 bridgehead atoms. The molecule has 0 saturated carbocycles. The normalized spacial score (nSPS) is 21.3. The maximum atomic E-state index is 13.4. The highest BCUT2D eigenvalue weighted by molar-refractivity contribution is 6.02. The summed E-state index contributed by atoms with van der Waals surface area (Å²) in [6.07, 6.45) is 0.333. The van der Waals surface area contributed by atoms with Gasteiger partial charge in [0.2, 0.25) is 13.0 Å². The molecule has 29 heavy (non-hydrogen) atoms. The number of benzene rings is 3. The zero-order chi connectivity index (χ0) is 19.4. The van der Waals surface area contributed by atoms with E-state index in [1.54, 1.807) is 12.1 Å². The van der Waals surface area contributed by atoms with Gasteiger partial charge in [-0.15, -0.1) is 0 Å². The van der Waals surface area contributed by atoms with Crippen LogP contribution in [0.1, 0.15) is 35.4 Å². The van der Waals surface area contributed by atoms with Crippen LogP contribution in [-0.2, 0) is 0 Å². The Morgan fingerprint density at radius 1 is 0.897 bits per heavy atom. The molecule has 6 heteroatoms. The second kappa shape index (κ2) is 6.24. The fourth-order valence-electron chi connectivity index (χ4n) is 4.13. The van der Waals surface area contributed by atoms with Crippen LogP contribution in [0.4, 0.5) is 4.39 Å². The number of hydrazone groups is 1. The fourth-order valence-corrected chi connectivity index (χ4v) is 4.13. The van der Waals surface area contributed by atoms with Crippen LogP contribution in [0.2, 0.25) is 0 Å². The molecule has 0 aromatic heterocycles. The van der Waals surface area contributed by atoms with Gasteiger partial charge in [-0.1, -0.05) is 30.3 Å². The summed E-state index contributed by atoms with van der Waals surface area (Å²) in [6.45, 7) is 0.244. The zero-order valence-electron chi connectivity index (χ0n) is 15.4. The van der Waals surface area contributed by atoms with E-state index >= 15 is 0 Å². The Bertz CT molecular complexity index is 1130. The lowest BCUT2D eigenvalue weighted by Gasteiger charge is -2.38. The van der Waals surface area contributed by atoms with Gasteiger partial charge in [-0.2, -0.15) is 5.10 Å². The zero-order valence-corrected chi connectivity index (χ0v) is 15.4. The van der Waals surface area contributed by atoms with Crippen LogP contribution in [0.25, 0.3) is 0 Å². The van der Waals surface area contributed by atoms with Gasteiger partial charge in [0.25, 0.3) is 0 Å². The monoisotopic (exact) mass is 388 g/mol. The van der Waals surface area contributed by atoms with Gasteiger partial charge in [0, 0.05) is 23.1 Å². The molecule has 6 rings (SSSR count). The van der Waals surface area contributed by atoms with Gasteiger partial charge in [0.05, 0.1) is 11.8 Å². The standard InChI is InChI=1S/C23H17FN2O3/c24-16-8-5-14(6-9-16)23-26-19(17-3-1-2-4-20(17)29-23)12-18(25-26)15-7-10-21-22(11-15)28-13-27-21/h1-11,19,23H,12-13H2. The summed E-state index contributed by atoms with van der Waals surface area (Å²) >= 11 is 0. The van der Waals surface area contributed by atoms with Gasteiger partial charge in [-0.05, 0) is 36.4 Å². The smallest absolute Gasteiger partial charge is 0.231 e. The predicted molar refractivity (Wildman–Crippen MR) is 105 cm³/mol. The first kappa shape index (κ1) is 16.4. The van der Waals surface area contributed by atoms with Crippen LogP contribution in [-0.4, -0.2) is 17.5 Å². The maximum Gasteiger partial charge on any atom is 0.231 e. The van der Waals surface area contributed by atoms with E-state index in [0.29, 0.717) is 0 Å². The summed E-state index contributed by atoms with van der Waals surface area (Å²) in [7, 11) is 0. The van der Waals surface area contributed by atoms with E-state index in [0.717, 1.165) is 46.1 Å². The molecule has 0 saturated heterocycles. The highest BCUT2D eigenvalue weighted by Gasteiger charge is 2.41. The second-order valence-corrected chi connectivity index (χ2v) is 7.27. The van der Waals surface area contributed by atoms with Crippen molar-refractivity contribution in [2.45, 2.75) is 18.7 Å². The van der Waals surface area contributed by atoms with E-state index in [4.69, 9.17) is 19.3 Å². The molecule has 3 aromatic rings. The largest absolute Gasteiger partial charge is 0.464 e. The number of fused-ring (bicyclic) bond motifs is 4. The van der Waals surface area contributed by atoms with E-state index < -0.39 is 6.23 Å². The van der Waals surface area contributed by atoms with E-state index in [1.165, 1.54) is 12.1 Å². The van der Waals surface area contributed by atoms with Crippen LogP contribution in [0, 0.1) is 5.82 Å². The van der Waals surface area contributed by atoms with Crippen molar-refractivity contribution in [2.24, 2.45) is 5.10 Å². The maximum absolute atomic E-state index is 13.4. The highest BCUT2D eigenvalue weighted by atomic mass is 19.1. The van der Waals surface area contributed by atoms with Crippen molar-refractivity contribution in [2.75, 3.05) is 6.79 Å². The summed E-state index contributed by atoms with van der Waals surface area (Å²) in [5.74, 6) is 2.06. The molecule has 0 N–H and O–H groups in total. The van der Waals surface area contributed by atoms with Crippen LogP contribution in [0.15, 0.2) is 71.8 Å². The molecular formula is C23H17FN2O3. The van der Waals surface area contributed by atoms with Crippen molar-refractivity contribution in [3.8, 4) is 17.2 Å². The number of nitrogens with zero attached hydrogens (tertiary/aromatic N) is 2. The first-order valence-electron chi connectivity index (χ1n) is 9.53. The molecule has 0 spiro atoms. The second-order valence-electron chi connectivity index (χ2n) is 7.27. The molecule has 0 amide bonds. The van der Waals surface area contributed by atoms with E-state index in [2.05, 4.69) is 6.07 Å². The van der Waals surface area contributed by atoms with Gasteiger partial charge in [-0.3, -0.25) is 0 Å². The number of halogens is 1. The van der Waals surface area contributed by atoms with Crippen LogP contribution < -0.4 is 14.2 Å². The topological polar surface area (TPSA) is 43.3 Å². The quantitative estimate of drug-likeness (QED) is 0.633. The van der Waals surface area contributed by atoms with Crippen LogP contribution in [0.3, 0.4) is 0 Å². The molecule has 5 nitrogen and oxygen atoms in total. The lowest BCUT2D eigenvalue weighted by atomic mass is 9.96. The molecule has 0 aliphatic carbocycles. The Labute approximate surface area is 166 Å². The van der Waals surface area contributed by atoms with E-state index in [9.17, 15) is 4.39 Å². The minimum Gasteiger partial charge on any atom is -0.464 e. The van der Waals surface area contributed by atoms with Crippen molar-refractivity contribution in [3.63, 3.8) is 0 Å². The van der Waals surface area contributed by atoms with Gasteiger partial charge < -0.3 is 14.2 Å². The van der Waals surface area contributed by atoms with Gasteiger partial charge in [-0.25, -0.2) is 9.40 Å². The Hall–Kier alpha value is -3.54. The average Bonchev–Trinajstić information content (AvgIpc) is 3.40. The molecule has 2 unspecified atom stereocenters. The molecule has 144 valence electrons. The van der Waals surface area contributed by atoms with Crippen LogP contribution in [0.5, 0.6) is 17.2 Å². The molecule has 3 aliphatic heterocycles. The van der Waals surface area contributed by atoms with Crippen molar-refractivity contribution in [3.05, 3.63) is 89.2 Å². The number of rotatable bonds is 2. The fraction of sp³-hybridized carbons (Fsp3) is 0.174. The summed E-state index contributed by atoms with van der Waals surface area (Å²) in [5.41, 5.74) is 3.92. The number of hydrogen-bond donors (Lipinski definition) is 0. The molecule has 3 heterocycles. The Morgan fingerprint density at radius 2 is 1.72 bits per heavy atom. The SMILES string of the molecule is Fc1ccc(C2Oc3ccccc3C3CC(c4ccc5c(c4)OCO5)=NN32)cc1. The molecule has 0 radical (unpaired) electrons. The first-order valence-corrected chi connectivity index (χ1v) is 9.53. The first-order chi connectivity index (χ1) is 14.3. The van der Waals surface area contributed by atoms with Crippen LogP contribution >= 0.6 is 0 Å². The van der Waals surface area contributed by atoms with E-state index in [1.807, 2.05) is 41.4 Å². The summed E-state index contributed by atoms with van der Waals surface area (Å²) in [5, 5.41) is 6.90. The minimum atomic E-state index is -0.415. The third kappa shape index (κ3) is 2.63. The molecule has 3 aliphatic rings. The Balaban J connectivity index is 1.42. The Morgan fingerprint density at radius 3 is 2.62 bits per heavy atom. The van der Waals surface area contributed by atoms with Gasteiger partial charge in [0.15, 0.2) is 11.5 Å². The number of hydrogen-bond acceptors (Lipinski definition) is 5. The third-order valence-corrected chi connectivity index (χ3v) is 5.56. The van der Waals surface area contributed by atoms with Gasteiger partial charge >= 0.3 is 0 Å². The van der Waals surface area contributed by atoms with Gasteiger partial charge in [0.1, 0.15) is 11.6 Å². The van der Waals surface area contributed by atoms with Crippen molar-refractivity contribution in [1.82, 2.24) is 5.01 Å². The van der Waals surface area contributed by atoms with Crippen molar-refractivity contribution in [1.29, 1.82) is 0 Å². The Kier molecular flexibility index (Phi) is 3.53. The lowest BCUT2D eigenvalue weighted by Crippen LogP contribution is -2.33. The molecule has 0 fully saturated rings. The van der Waals surface area contributed by atoms with E-state index in [-0.39, 0.29) is 18.7 Å². The molecule has 3 aromatic carbocycles. The predicted octanol–water partition coefficient (Wildman–Crippen LogP) is 4.80. The highest BCUT2D eigenvalue weighted by Crippen LogP contribution is 2.47.